The molecule has 2 heterocycles. The molecule has 0 amide bonds. The predicted octanol–water partition coefficient (Wildman–Crippen LogP) is 4.39. The van der Waals surface area contributed by atoms with Gasteiger partial charge in [-0.3, -0.25) is 4.79 Å². The molecule has 0 spiro atoms. The molecule has 1 aliphatic heterocycles. The van der Waals surface area contributed by atoms with E-state index < -0.39 is 5.72 Å². The summed E-state index contributed by atoms with van der Waals surface area (Å²) in [6.45, 7) is 0. The molecule has 0 radical (unpaired) electrons. The molecule has 1 aromatic heterocycles. The van der Waals surface area contributed by atoms with E-state index in [-0.39, 0.29) is 5.43 Å². The van der Waals surface area contributed by atoms with Crippen molar-refractivity contribution < 1.29 is 9.47 Å². The van der Waals surface area contributed by atoms with Crippen molar-refractivity contribution >= 4 is 10.9 Å². The fourth-order valence-corrected chi connectivity index (χ4v) is 4.36. The van der Waals surface area contributed by atoms with Crippen LogP contribution in [-0.4, -0.2) is 18.8 Å². The molecule has 3 aromatic carbocycles. The van der Waals surface area contributed by atoms with Crippen molar-refractivity contribution in [3.63, 3.8) is 0 Å². The third-order valence-electron chi connectivity index (χ3n) is 5.56. The summed E-state index contributed by atoms with van der Waals surface area (Å²) in [6.07, 6.45) is 0. The molecule has 5 rings (SSSR count). The number of fused-ring (bicyclic) bond motifs is 5. The van der Waals surface area contributed by atoms with Gasteiger partial charge in [0.15, 0.2) is 11.2 Å². The number of aromatic nitrogens is 1. The third kappa shape index (κ3) is 2.06. The molecular weight excluding hydrogens is 350 g/mol. The highest BCUT2D eigenvalue weighted by Crippen LogP contribution is 2.50. The molecule has 0 aliphatic carbocycles. The summed E-state index contributed by atoms with van der Waals surface area (Å²) >= 11 is 0. The van der Waals surface area contributed by atoms with Gasteiger partial charge in [0.1, 0.15) is 5.75 Å². The third-order valence-corrected chi connectivity index (χ3v) is 5.56. The molecule has 138 valence electrons. The second kappa shape index (κ2) is 6.08. The van der Waals surface area contributed by atoms with Crippen LogP contribution >= 0.6 is 0 Å². The minimum atomic E-state index is -0.870. The average molecular weight is 369 g/mol. The molecule has 0 saturated carbocycles. The first-order chi connectivity index (χ1) is 13.7. The van der Waals surface area contributed by atoms with Crippen LogP contribution in [0.1, 0.15) is 11.1 Å². The first kappa shape index (κ1) is 16.8. The lowest BCUT2D eigenvalue weighted by molar-refractivity contribution is 0.00567. The number of hydrogen-bond donors (Lipinski definition) is 0. The fraction of sp³-hybridized carbons (Fsp3) is 0.125. The van der Waals surface area contributed by atoms with Crippen molar-refractivity contribution in [2.75, 3.05) is 14.2 Å². The van der Waals surface area contributed by atoms with Crippen LogP contribution in [0.25, 0.3) is 22.2 Å². The normalized spacial score (nSPS) is 17.4. The summed E-state index contributed by atoms with van der Waals surface area (Å²) in [4.78, 5) is 12.9. The number of methoxy groups -OCH3 is 2. The summed E-state index contributed by atoms with van der Waals surface area (Å²) in [7, 11) is 3.36. The Hall–Kier alpha value is -3.37. The highest BCUT2D eigenvalue weighted by molar-refractivity contribution is 5.87. The second-order valence-corrected chi connectivity index (χ2v) is 6.87. The number of pyridine rings is 1. The Kier molecular flexibility index (Phi) is 3.64. The van der Waals surface area contributed by atoms with E-state index in [4.69, 9.17) is 9.47 Å². The lowest BCUT2D eigenvalue weighted by atomic mass is 9.93. The summed E-state index contributed by atoms with van der Waals surface area (Å²) in [6, 6.07) is 25.4. The Morgan fingerprint density at radius 3 is 2.36 bits per heavy atom. The number of benzene rings is 3. The van der Waals surface area contributed by atoms with E-state index in [1.165, 1.54) is 0 Å². The fourth-order valence-electron chi connectivity index (χ4n) is 4.36. The van der Waals surface area contributed by atoms with Crippen molar-refractivity contribution in [2.45, 2.75) is 5.72 Å². The van der Waals surface area contributed by atoms with Gasteiger partial charge in [0.25, 0.3) is 0 Å². The minimum absolute atomic E-state index is 0.00409. The van der Waals surface area contributed by atoms with E-state index in [1.54, 1.807) is 20.3 Å². The van der Waals surface area contributed by atoms with E-state index in [9.17, 15) is 4.79 Å². The summed E-state index contributed by atoms with van der Waals surface area (Å²) in [5.74, 6) is 0.742. The van der Waals surface area contributed by atoms with Gasteiger partial charge in [0, 0.05) is 35.3 Å². The van der Waals surface area contributed by atoms with Crippen LogP contribution in [0.2, 0.25) is 0 Å². The highest BCUT2D eigenvalue weighted by atomic mass is 16.5. The Morgan fingerprint density at radius 2 is 1.61 bits per heavy atom. The largest absolute Gasteiger partial charge is 0.497 e. The average Bonchev–Trinajstić information content (AvgIpc) is 3.04. The first-order valence-corrected chi connectivity index (χ1v) is 9.15. The Labute approximate surface area is 162 Å². The standard InChI is InChI=1S/C24H19NO3/c1-27-17-12-13-20-19(14-17)22-15-23(26)18-10-6-7-11-21(18)25(22)24(20,28-2)16-8-4-3-5-9-16/h3-15H,1-2H3. The Bertz CT molecular complexity index is 1260. The lowest BCUT2D eigenvalue weighted by Crippen LogP contribution is -2.36. The van der Waals surface area contributed by atoms with Crippen LogP contribution in [0.4, 0.5) is 0 Å². The molecule has 4 heteroatoms. The number of nitrogens with zero attached hydrogens (tertiary/aromatic N) is 1. The SMILES string of the molecule is COc1ccc2c(c1)-c1cc(=O)c3ccccc3n1C2(OC)c1ccccc1. The van der Waals surface area contributed by atoms with Gasteiger partial charge in [-0.1, -0.05) is 42.5 Å². The Balaban J connectivity index is 2.01. The molecular formula is C24H19NO3. The molecule has 0 saturated heterocycles. The zero-order valence-electron chi connectivity index (χ0n) is 15.7. The number of rotatable bonds is 3. The van der Waals surface area contributed by atoms with Gasteiger partial charge in [0.05, 0.1) is 18.3 Å². The maximum atomic E-state index is 12.9. The predicted molar refractivity (Wildman–Crippen MR) is 110 cm³/mol. The monoisotopic (exact) mass is 369 g/mol. The van der Waals surface area contributed by atoms with Crippen LogP contribution < -0.4 is 10.2 Å². The van der Waals surface area contributed by atoms with Gasteiger partial charge in [-0.25, -0.2) is 0 Å². The van der Waals surface area contributed by atoms with Gasteiger partial charge in [-0.05, 0) is 30.3 Å². The first-order valence-electron chi connectivity index (χ1n) is 9.15. The molecule has 28 heavy (non-hydrogen) atoms. The molecule has 0 bridgehead atoms. The highest BCUT2D eigenvalue weighted by Gasteiger charge is 2.45. The van der Waals surface area contributed by atoms with Gasteiger partial charge >= 0.3 is 0 Å². The molecule has 0 N–H and O–H groups in total. The summed E-state index contributed by atoms with van der Waals surface area (Å²) in [5.41, 5.74) is 3.71. The van der Waals surface area contributed by atoms with Crippen LogP contribution in [-0.2, 0) is 10.5 Å². The maximum absolute atomic E-state index is 12.9. The zero-order chi connectivity index (χ0) is 19.3. The van der Waals surface area contributed by atoms with Crippen molar-refractivity contribution in [2.24, 2.45) is 0 Å². The number of hydrogen-bond acceptors (Lipinski definition) is 3. The number of ether oxygens (including phenoxy) is 2. The molecule has 0 fully saturated rings. The molecule has 4 aromatic rings. The molecule has 1 atom stereocenters. The van der Waals surface area contributed by atoms with Gasteiger partial charge in [0.2, 0.25) is 0 Å². The number of para-hydroxylation sites is 1. The molecule has 1 unspecified atom stereocenters. The van der Waals surface area contributed by atoms with Gasteiger partial charge < -0.3 is 14.0 Å². The van der Waals surface area contributed by atoms with E-state index in [2.05, 4.69) is 16.7 Å². The van der Waals surface area contributed by atoms with Crippen molar-refractivity contribution in [1.82, 2.24) is 4.57 Å². The van der Waals surface area contributed by atoms with E-state index in [0.29, 0.717) is 5.39 Å². The Morgan fingerprint density at radius 1 is 0.857 bits per heavy atom. The molecule has 1 aliphatic rings. The minimum Gasteiger partial charge on any atom is -0.497 e. The van der Waals surface area contributed by atoms with Crippen molar-refractivity contribution in [3.8, 4) is 17.0 Å². The lowest BCUT2D eigenvalue weighted by Gasteiger charge is -2.34. The van der Waals surface area contributed by atoms with Crippen LogP contribution in [0.15, 0.2) is 83.7 Å². The van der Waals surface area contributed by atoms with Crippen LogP contribution in [0.5, 0.6) is 5.75 Å². The second-order valence-electron chi connectivity index (χ2n) is 6.87. The summed E-state index contributed by atoms with van der Waals surface area (Å²) < 4.78 is 13.9. The van der Waals surface area contributed by atoms with Crippen LogP contribution in [0, 0.1) is 0 Å². The van der Waals surface area contributed by atoms with E-state index in [1.807, 2.05) is 60.7 Å². The van der Waals surface area contributed by atoms with E-state index in [0.717, 1.165) is 33.7 Å². The van der Waals surface area contributed by atoms with E-state index >= 15 is 0 Å². The van der Waals surface area contributed by atoms with Crippen molar-refractivity contribution in [1.29, 1.82) is 0 Å². The van der Waals surface area contributed by atoms with Gasteiger partial charge in [-0.2, -0.15) is 0 Å². The topological polar surface area (TPSA) is 40.5 Å². The zero-order valence-corrected chi connectivity index (χ0v) is 15.7. The van der Waals surface area contributed by atoms with Crippen LogP contribution in [0.3, 0.4) is 0 Å². The van der Waals surface area contributed by atoms with Gasteiger partial charge in [-0.15, -0.1) is 0 Å². The summed E-state index contributed by atoms with van der Waals surface area (Å²) in [5, 5.41) is 0.670. The quantitative estimate of drug-likeness (QED) is 0.538. The van der Waals surface area contributed by atoms with Crippen molar-refractivity contribution in [3.05, 3.63) is 100 Å². The molecule has 4 nitrogen and oxygen atoms in total. The maximum Gasteiger partial charge on any atom is 0.198 e. The smallest absolute Gasteiger partial charge is 0.198 e.